The van der Waals surface area contributed by atoms with Crippen molar-refractivity contribution in [1.29, 1.82) is 0 Å². The zero-order valence-electron chi connectivity index (χ0n) is 15.0. The largest absolute Gasteiger partial charge is 0.389 e. The van der Waals surface area contributed by atoms with Crippen LogP contribution in [0.5, 0.6) is 0 Å². The predicted molar refractivity (Wildman–Crippen MR) is 91.5 cm³/mol. The molecule has 126 valence electrons. The van der Waals surface area contributed by atoms with Crippen molar-refractivity contribution in [2.45, 2.75) is 90.6 Å². The molecule has 0 aromatic carbocycles. The molecule has 0 spiro atoms. The maximum absolute atomic E-state index is 11.6. The van der Waals surface area contributed by atoms with Gasteiger partial charge in [0.15, 0.2) is 0 Å². The van der Waals surface area contributed by atoms with Gasteiger partial charge in [-0.05, 0) is 92.3 Å². The van der Waals surface area contributed by atoms with Gasteiger partial charge in [-0.1, -0.05) is 33.6 Å². The van der Waals surface area contributed by atoms with Crippen molar-refractivity contribution in [3.05, 3.63) is 0 Å². The average molecular weight is 305 g/mol. The smallest absolute Gasteiger partial charge is 0.0709 e. The van der Waals surface area contributed by atoms with Crippen LogP contribution < -0.4 is 0 Å². The van der Waals surface area contributed by atoms with Gasteiger partial charge < -0.3 is 5.11 Å². The number of hydrogen-bond donors (Lipinski definition) is 1. The van der Waals surface area contributed by atoms with E-state index in [0.717, 1.165) is 24.2 Å². The first-order valence-corrected chi connectivity index (χ1v) is 10.2. The Morgan fingerprint density at radius 3 is 2.45 bits per heavy atom. The third kappa shape index (κ3) is 2.00. The molecule has 0 aromatic heterocycles. The fourth-order valence-electron chi connectivity index (χ4n) is 7.89. The molecule has 0 bridgehead atoms. The monoisotopic (exact) mass is 304 g/mol. The maximum Gasteiger partial charge on any atom is 0.0709 e. The lowest BCUT2D eigenvalue weighted by atomic mass is 9.46. The highest BCUT2D eigenvalue weighted by Gasteiger charge is 2.61. The third-order valence-electron chi connectivity index (χ3n) is 8.91. The second-order valence-corrected chi connectivity index (χ2v) is 9.86. The molecule has 0 heterocycles. The second-order valence-electron chi connectivity index (χ2n) is 9.86. The van der Waals surface area contributed by atoms with Crippen molar-refractivity contribution >= 4 is 0 Å². The first-order valence-electron chi connectivity index (χ1n) is 10.2. The van der Waals surface area contributed by atoms with Crippen LogP contribution in [0.4, 0.5) is 0 Å². The van der Waals surface area contributed by atoms with Gasteiger partial charge in [-0.25, -0.2) is 0 Å². The van der Waals surface area contributed by atoms with Crippen LogP contribution in [0.15, 0.2) is 0 Å². The van der Waals surface area contributed by atoms with Gasteiger partial charge in [0.2, 0.25) is 0 Å². The summed E-state index contributed by atoms with van der Waals surface area (Å²) in [5.74, 6) is 4.59. The molecule has 4 fully saturated rings. The SMILES string of the molecule is CC(C)C1CCC2[C@@H]3CCC4CCCC[C@]4(C)C3CC[C@]12O. The van der Waals surface area contributed by atoms with Gasteiger partial charge in [-0.3, -0.25) is 0 Å². The predicted octanol–water partition coefficient (Wildman–Crippen LogP) is 5.42. The molecular formula is C21H36O. The van der Waals surface area contributed by atoms with E-state index in [9.17, 15) is 5.11 Å². The van der Waals surface area contributed by atoms with Crippen LogP contribution >= 0.6 is 0 Å². The van der Waals surface area contributed by atoms with E-state index in [4.69, 9.17) is 0 Å². The van der Waals surface area contributed by atoms with Crippen LogP contribution in [0.25, 0.3) is 0 Å². The number of aliphatic hydroxyl groups is 1. The van der Waals surface area contributed by atoms with E-state index < -0.39 is 0 Å². The fourth-order valence-corrected chi connectivity index (χ4v) is 7.89. The van der Waals surface area contributed by atoms with Crippen LogP contribution in [0.3, 0.4) is 0 Å². The highest BCUT2D eigenvalue weighted by molar-refractivity contribution is 5.11. The van der Waals surface area contributed by atoms with Crippen molar-refractivity contribution < 1.29 is 5.11 Å². The van der Waals surface area contributed by atoms with Gasteiger partial charge in [0.1, 0.15) is 0 Å². The quantitative estimate of drug-likeness (QED) is 0.686. The maximum atomic E-state index is 11.6. The summed E-state index contributed by atoms with van der Waals surface area (Å²) in [6, 6.07) is 0. The lowest BCUT2D eigenvalue weighted by molar-refractivity contribution is -0.159. The molecule has 0 amide bonds. The first-order chi connectivity index (χ1) is 10.5. The van der Waals surface area contributed by atoms with Crippen LogP contribution in [0.2, 0.25) is 0 Å². The van der Waals surface area contributed by atoms with E-state index in [-0.39, 0.29) is 5.60 Å². The van der Waals surface area contributed by atoms with Gasteiger partial charge in [-0.2, -0.15) is 0 Å². The summed E-state index contributed by atoms with van der Waals surface area (Å²) < 4.78 is 0. The molecule has 0 saturated heterocycles. The third-order valence-corrected chi connectivity index (χ3v) is 8.91. The van der Waals surface area contributed by atoms with E-state index in [1.165, 1.54) is 57.8 Å². The Bertz CT molecular complexity index is 430. The summed E-state index contributed by atoms with van der Waals surface area (Å²) in [5.41, 5.74) is 0.297. The van der Waals surface area contributed by atoms with Crippen LogP contribution in [0.1, 0.15) is 85.0 Å². The minimum Gasteiger partial charge on any atom is -0.389 e. The lowest BCUT2D eigenvalue weighted by Gasteiger charge is -2.60. The van der Waals surface area contributed by atoms with E-state index in [2.05, 4.69) is 20.8 Å². The van der Waals surface area contributed by atoms with Crippen LogP contribution in [-0.4, -0.2) is 10.7 Å². The van der Waals surface area contributed by atoms with Gasteiger partial charge in [-0.15, -0.1) is 0 Å². The van der Waals surface area contributed by atoms with E-state index in [1.807, 2.05) is 0 Å². The molecule has 0 aliphatic heterocycles. The van der Waals surface area contributed by atoms with E-state index >= 15 is 0 Å². The molecule has 0 aromatic rings. The molecule has 1 nitrogen and oxygen atoms in total. The van der Waals surface area contributed by atoms with E-state index in [0.29, 0.717) is 23.2 Å². The van der Waals surface area contributed by atoms with Crippen molar-refractivity contribution in [2.24, 2.45) is 40.9 Å². The Hall–Kier alpha value is -0.0400. The van der Waals surface area contributed by atoms with Crippen LogP contribution in [0, 0.1) is 40.9 Å². The highest BCUT2D eigenvalue weighted by Crippen LogP contribution is 2.65. The average Bonchev–Trinajstić information content (AvgIpc) is 2.84. The molecule has 4 aliphatic rings. The van der Waals surface area contributed by atoms with Gasteiger partial charge in [0.25, 0.3) is 0 Å². The number of rotatable bonds is 1. The van der Waals surface area contributed by atoms with Crippen molar-refractivity contribution in [3.63, 3.8) is 0 Å². The molecule has 7 atom stereocenters. The van der Waals surface area contributed by atoms with Crippen molar-refractivity contribution in [1.82, 2.24) is 0 Å². The summed E-state index contributed by atoms with van der Waals surface area (Å²) in [7, 11) is 0. The first kappa shape index (κ1) is 15.5. The lowest BCUT2D eigenvalue weighted by Crippen LogP contribution is -2.56. The minimum atomic E-state index is -0.312. The van der Waals surface area contributed by atoms with Crippen LogP contribution in [-0.2, 0) is 0 Å². The molecule has 22 heavy (non-hydrogen) atoms. The van der Waals surface area contributed by atoms with E-state index in [1.54, 1.807) is 0 Å². The topological polar surface area (TPSA) is 20.2 Å². The normalized spacial score (nSPS) is 54.7. The Labute approximate surface area is 137 Å². The summed E-state index contributed by atoms with van der Waals surface area (Å²) in [5, 5.41) is 11.6. The molecule has 4 rings (SSSR count). The van der Waals surface area contributed by atoms with Gasteiger partial charge in [0.05, 0.1) is 5.60 Å². The fraction of sp³-hybridized carbons (Fsp3) is 1.00. The summed E-state index contributed by atoms with van der Waals surface area (Å²) >= 11 is 0. The molecule has 4 unspecified atom stereocenters. The van der Waals surface area contributed by atoms with Crippen molar-refractivity contribution in [2.75, 3.05) is 0 Å². The van der Waals surface area contributed by atoms with Crippen molar-refractivity contribution in [3.8, 4) is 0 Å². The molecular weight excluding hydrogens is 268 g/mol. The zero-order chi connectivity index (χ0) is 15.5. The Kier molecular flexibility index (Phi) is 3.68. The molecule has 0 radical (unpaired) electrons. The summed E-state index contributed by atoms with van der Waals surface area (Å²) in [6.07, 6.45) is 13.8. The molecule has 4 aliphatic carbocycles. The summed E-state index contributed by atoms with van der Waals surface area (Å²) in [4.78, 5) is 0. The number of fused-ring (bicyclic) bond motifs is 5. The number of hydrogen-bond acceptors (Lipinski definition) is 1. The highest BCUT2D eigenvalue weighted by atomic mass is 16.3. The Balaban J connectivity index is 1.62. The van der Waals surface area contributed by atoms with Gasteiger partial charge >= 0.3 is 0 Å². The minimum absolute atomic E-state index is 0.312. The Morgan fingerprint density at radius 2 is 1.68 bits per heavy atom. The molecule has 4 saturated carbocycles. The standard InChI is InChI=1S/C21H36O/c1-14(2)17-9-10-19-16-8-7-15-6-4-5-12-20(15,3)18(16)11-13-21(17,19)22/h14-19,22H,4-13H2,1-3H3/t15?,16-,17?,18?,19?,20+,21+/m1/s1. The molecule has 1 N–H and O–H groups in total. The molecule has 1 heteroatoms. The second kappa shape index (κ2) is 5.23. The Morgan fingerprint density at radius 1 is 0.864 bits per heavy atom. The van der Waals surface area contributed by atoms with Gasteiger partial charge in [0, 0.05) is 0 Å². The summed E-state index contributed by atoms with van der Waals surface area (Å²) in [6.45, 7) is 7.29. The zero-order valence-corrected chi connectivity index (χ0v) is 15.0.